The van der Waals surface area contributed by atoms with E-state index in [0.29, 0.717) is 23.6 Å². The molecule has 1 saturated heterocycles. The van der Waals surface area contributed by atoms with Gasteiger partial charge in [-0.1, -0.05) is 36.4 Å². The lowest BCUT2D eigenvalue weighted by atomic mass is 10.0. The van der Waals surface area contributed by atoms with Crippen molar-refractivity contribution in [1.82, 2.24) is 15.5 Å². The van der Waals surface area contributed by atoms with Gasteiger partial charge < -0.3 is 10.6 Å². The molecule has 4 nitrogen and oxygen atoms in total. The summed E-state index contributed by atoms with van der Waals surface area (Å²) in [6.07, 6.45) is -5.42. The van der Waals surface area contributed by atoms with Crippen LogP contribution in [0, 0.1) is 0 Å². The maximum atomic E-state index is 13.9. The van der Waals surface area contributed by atoms with E-state index in [-0.39, 0.29) is 19.0 Å². The van der Waals surface area contributed by atoms with E-state index in [1.54, 1.807) is 0 Å². The fraction of sp³-hybridized carbons (Fsp3) is 0.263. The zero-order valence-corrected chi connectivity index (χ0v) is 15.3. The fourth-order valence-electron chi connectivity index (χ4n) is 3.20. The van der Waals surface area contributed by atoms with Gasteiger partial charge in [-0.15, -0.1) is 22.6 Å². The second-order valence-electron chi connectivity index (χ2n) is 6.44. The first-order chi connectivity index (χ1) is 12.9. The van der Waals surface area contributed by atoms with E-state index in [2.05, 4.69) is 20.8 Å². The Kier molecular flexibility index (Phi) is 5.71. The van der Waals surface area contributed by atoms with Crippen molar-refractivity contribution in [2.45, 2.75) is 18.4 Å². The summed E-state index contributed by atoms with van der Waals surface area (Å²) >= 11 is 0. The molecule has 2 atom stereocenters. The highest BCUT2D eigenvalue weighted by atomic mass is 35.5. The molecule has 0 radical (unpaired) electrons. The Hall–Kier alpha value is -2.45. The summed E-state index contributed by atoms with van der Waals surface area (Å²) in [7, 11) is 0. The Morgan fingerprint density at radius 2 is 1.61 bits per heavy atom. The van der Waals surface area contributed by atoms with Crippen LogP contribution in [-0.4, -0.2) is 35.5 Å². The molecule has 0 saturated carbocycles. The third-order valence-corrected chi connectivity index (χ3v) is 4.64. The number of hydrogen-bond acceptors (Lipinski definition) is 4. The Labute approximate surface area is 164 Å². The summed E-state index contributed by atoms with van der Waals surface area (Å²) in [4.78, 5) is 0. The summed E-state index contributed by atoms with van der Waals surface area (Å²) in [5, 5.41) is 15.9. The molecule has 1 fully saturated rings. The molecule has 3 aromatic rings. The van der Waals surface area contributed by atoms with E-state index in [0.717, 1.165) is 22.9 Å². The summed E-state index contributed by atoms with van der Waals surface area (Å²) in [5.74, 6) is 0.456. The minimum Gasteiger partial charge on any atom is -0.361 e. The molecule has 1 aliphatic heterocycles. The number of halogens is 5. The molecule has 0 bridgehead atoms. The number of fused-ring (bicyclic) bond motifs is 1. The van der Waals surface area contributed by atoms with Gasteiger partial charge in [-0.2, -0.15) is 13.2 Å². The molecule has 1 aliphatic rings. The zero-order valence-electron chi connectivity index (χ0n) is 14.5. The van der Waals surface area contributed by atoms with Gasteiger partial charge in [0, 0.05) is 29.4 Å². The van der Waals surface area contributed by atoms with Crippen LogP contribution in [0.1, 0.15) is 5.56 Å². The maximum Gasteiger partial charge on any atom is 0.416 e. The molecule has 1 aromatic heterocycles. The van der Waals surface area contributed by atoms with Crippen LogP contribution in [0.25, 0.3) is 22.0 Å². The number of nitrogens with one attached hydrogen (secondary N) is 2. The molecule has 9 heteroatoms. The van der Waals surface area contributed by atoms with Crippen molar-refractivity contribution in [3.05, 3.63) is 54.1 Å². The number of hydrogen-bond donors (Lipinski definition) is 2. The maximum absolute atomic E-state index is 13.9. The van der Waals surface area contributed by atoms with Gasteiger partial charge in [-0.25, -0.2) is 4.39 Å². The van der Waals surface area contributed by atoms with Crippen molar-refractivity contribution in [3.8, 4) is 11.3 Å². The number of alkyl halides is 4. The molecule has 148 valence electrons. The van der Waals surface area contributed by atoms with E-state index in [9.17, 15) is 17.6 Å². The largest absolute Gasteiger partial charge is 0.416 e. The highest BCUT2D eigenvalue weighted by molar-refractivity contribution is 6.00. The first kappa shape index (κ1) is 20.3. The number of rotatable bonds is 3. The van der Waals surface area contributed by atoms with Crippen LogP contribution in [0.15, 0.2) is 48.5 Å². The van der Waals surface area contributed by atoms with Gasteiger partial charge in [0.15, 0.2) is 5.82 Å². The molecule has 4 rings (SSSR count). The number of benzene rings is 2. The van der Waals surface area contributed by atoms with Crippen molar-refractivity contribution in [2.24, 2.45) is 0 Å². The standard InChI is InChI=1S/C19H16F4N4.ClH/c20-15-9-24-10-16(15)25-18-14-4-2-1-3-13(14)17(26-27-18)11-5-7-12(8-6-11)19(21,22)23;/h1-8,15-16,24H,9-10H2,(H,25,27);1H/t15-,16-;/m1./s1. The van der Waals surface area contributed by atoms with Crippen LogP contribution in [0.5, 0.6) is 0 Å². The second kappa shape index (κ2) is 7.89. The van der Waals surface area contributed by atoms with E-state index in [4.69, 9.17) is 0 Å². The SMILES string of the molecule is Cl.F[C@@H]1CNC[C@H]1Nc1nnc(-c2ccc(C(F)(F)F)cc2)c2ccccc12. The lowest BCUT2D eigenvalue weighted by Gasteiger charge is -2.17. The minimum atomic E-state index is -4.39. The smallest absolute Gasteiger partial charge is 0.361 e. The predicted octanol–water partition coefficient (Wildman–Crippen LogP) is 4.46. The van der Waals surface area contributed by atoms with Crippen LogP contribution in [-0.2, 0) is 6.18 Å². The van der Waals surface area contributed by atoms with Crippen molar-refractivity contribution in [1.29, 1.82) is 0 Å². The van der Waals surface area contributed by atoms with Crippen LogP contribution in [0.2, 0.25) is 0 Å². The monoisotopic (exact) mass is 412 g/mol. The summed E-state index contributed by atoms with van der Waals surface area (Å²) in [6.45, 7) is 0.768. The van der Waals surface area contributed by atoms with Gasteiger partial charge >= 0.3 is 6.18 Å². The predicted molar refractivity (Wildman–Crippen MR) is 102 cm³/mol. The second-order valence-corrected chi connectivity index (χ2v) is 6.44. The van der Waals surface area contributed by atoms with Crippen LogP contribution >= 0.6 is 12.4 Å². The van der Waals surface area contributed by atoms with Gasteiger partial charge in [-0.05, 0) is 12.1 Å². The Morgan fingerprint density at radius 3 is 2.21 bits per heavy atom. The lowest BCUT2D eigenvalue weighted by Crippen LogP contribution is -2.30. The molecule has 2 heterocycles. The number of nitrogens with zero attached hydrogens (tertiary/aromatic N) is 2. The fourth-order valence-corrected chi connectivity index (χ4v) is 3.20. The van der Waals surface area contributed by atoms with Crippen LogP contribution in [0.3, 0.4) is 0 Å². The average Bonchev–Trinajstić information content (AvgIpc) is 3.06. The van der Waals surface area contributed by atoms with E-state index < -0.39 is 24.0 Å². The van der Waals surface area contributed by atoms with E-state index in [1.807, 2.05) is 24.3 Å². The first-order valence-corrected chi connectivity index (χ1v) is 8.48. The molecule has 0 aliphatic carbocycles. The Bertz CT molecular complexity index is 962. The third kappa shape index (κ3) is 3.88. The zero-order chi connectivity index (χ0) is 19.0. The molecule has 0 amide bonds. The van der Waals surface area contributed by atoms with Crippen LogP contribution < -0.4 is 10.6 Å². The lowest BCUT2D eigenvalue weighted by molar-refractivity contribution is -0.137. The van der Waals surface area contributed by atoms with Gasteiger partial charge in [0.1, 0.15) is 11.9 Å². The van der Waals surface area contributed by atoms with Gasteiger partial charge in [0.05, 0.1) is 11.6 Å². The molecule has 2 N–H and O–H groups in total. The van der Waals surface area contributed by atoms with Gasteiger partial charge in [0.2, 0.25) is 0 Å². The molecule has 2 aromatic carbocycles. The number of aromatic nitrogens is 2. The molecule has 0 spiro atoms. The third-order valence-electron chi connectivity index (χ3n) is 4.64. The Balaban J connectivity index is 0.00000225. The van der Waals surface area contributed by atoms with Crippen molar-refractivity contribution >= 4 is 29.0 Å². The Morgan fingerprint density at radius 1 is 0.929 bits per heavy atom. The van der Waals surface area contributed by atoms with Crippen molar-refractivity contribution in [3.63, 3.8) is 0 Å². The van der Waals surface area contributed by atoms with Crippen molar-refractivity contribution < 1.29 is 17.6 Å². The quantitative estimate of drug-likeness (QED) is 0.624. The minimum absolute atomic E-state index is 0. The summed E-state index contributed by atoms with van der Waals surface area (Å²) in [5.41, 5.74) is 0.292. The summed E-state index contributed by atoms with van der Waals surface area (Å²) < 4.78 is 52.2. The highest BCUT2D eigenvalue weighted by Gasteiger charge is 2.30. The topological polar surface area (TPSA) is 49.8 Å². The molecule has 0 unspecified atom stereocenters. The van der Waals surface area contributed by atoms with Gasteiger partial charge in [0.25, 0.3) is 0 Å². The number of anilines is 1. The summed E-state index contributed by atoms with van der Waals surface area (Å²) in [6, 6.07) is 11.7. The van der Waals surface area contributed by atoms with Gasteiger partial charge in [-0.3, -0.25) is 0 Å². The van der Waals surface area contributed by atoms with E-state index in [1.165, 1.54) is 12.1 Å². The molecular weight excluding hydrogens is 396 g/mol. The molecule has 28 heavy (non-hydrogen) atoms. The highest BCUT2D eigenvalue weighted by Crippen LogP contribution is 2.33. The average molecular weight is 413 g/mol. The van der Waals surface area contributed by atoms with Crippen LogP contribution in [0.4, 0.5) is 23.4 Å². The molecular formula is C19H17ClF4N4. The van der Waals surface area contributed by atoms with E-state index >= 15 is 0 Å². The first-order valence-electron chi connectivity index (χ1n) is 8.48. The normalized spacial score (nSPS) is 19.4. The van der Waals surface area contributed by atoms with Crippen molar-refractivity contribution in [2.75, 3.05) is 18.4 Å².